The summed E-state index contributed by atoms with van der Waals surface area (Å²) in [7, 11) is 0. The Kier molecular flexibility index (Phi) is 4.94. The molecule has 1 N–H and O–H groups in total. The number of hydrogen-bond acceptors (Lipinski definition) is 4. The number of aliphatic hydroxyl groups is 1. The average molecular weight is 282 g/mol. The Balaban J connectivity index is 2.14. The van der Waals surface area contributed by atoms with Crippen LogP contribution in [0.5, 0.6) is 0 Å². The van der Waals surface area contributed by atoms with E-state index in [2.05, 4.69) is 5.10 Å². The zero-order valence-electron chi connectivity index (χ0n) is 11.9. The minimum absolute atomic E-state index is 0.0489. The van der Waals surface area contributed by atoms with E-state index in [0.29, 0.717) is 13.1 Å². The number of likely N-dealkylation sites (N-methyl/N-ethyl adjacent to an activating group) is 1. The van der Waals surface area contributed by atoms with E-state index in [0.717, 1.165) is 31.5 Å². The van der Waals surface area contributed by atoms with E-state index >= 15 is 0 Å². The second-order valence-corrected chi connectivity index (χ2v) is 5.02. The van der Waals surface area contributed by atoms with Crippen LogP contribution in [0.25, 0.3) is 0 Å². The van der Waals surface area contributed by atoms with Gasteiger partial charge in [0.25, 0.3) is 0 Å². The first kappa shape index (κ1) is 14.8. The van der Waals surface area contributed by atoms with Crippen molar-refractivity contribution in [1.82, 2.24) is 19.2 Å². The SMILES string of the molecule is CCN(CCO)C(=O)Cn1nc2n(c1=O)CCCCC2. The van der Waals surface area contributed by atoms with Gasteiger partial charge in [-0.1, -0.05) is 6.42 Å². The quantitative estimate of drug-likeness (QED) is 0.798. The standard InChI is InChI=1S/C13H22N4O3/c1-2-15(8-9-18)12(19)10-17-13(20)16-7-5-3-4-6-11(16)14-17/h18H,2-10H2,1H3. The highest BCUT2D eigenvalue weighted by atomic mass is 16.3. The molecule has 0 bridgehead atoms. The number of hydrogen-bond donors (Lipinski definition) is 1. The predicted molar refractivity (Wildman–Crippen MR) is 73.4 cm³/mol. The molecule has 1 aromatic heterocycles. The van der Waals surface area contributed by atoms with Gasteiger partial charge in [-0.3, -0.25) is 9.36 Å². The molecule has 2 rings (SSSR count). The minimum atomic E-state index is -0.199. The Morgan fingerprint density at radius 3 is 2.90 bits per heavy atom. The van der Waals surface area contributed by atoms with Crippen LogP contribution in [-0.4, -0.2) is 50.0 Å². The maximum atomic E-state index is 12.2. The Labute approximate surface area is 117 Å². The van der Waals surface area contributed by atoms with Crippen molar-refractivity contribution in [2.24, 2.45) is 0 Å². The van der Waals surface area contributed by atoms with Crippen molar-refractivity contribution in [2.45, 2.75) is 45.7 Å². The molecule has 0 aliphatic carbocycles. The summed E-state index contributed by atoms with van der Waals surface area (Å²) in [6.07, 6.45) is 3.93. The van der Waals surface area contributed by atoms with Crippen molar-refractivity contribution in [1.29, 1.82) is 0 Å². The van der Waals surface area contributed by atoms with E-state index in [-0.39, 0.29) is 31.3 Å². The second-order valence-electron chi connectivity index (χ2n) is 5.02. The minimum Gasteiger partial charge on any atom is -0.395 e. The number of rotatable bonds is 5. The molecule has 1 aliphatic heterocycles. The highest BCUT2D eigenvalue weighted by molar-refractivity contribution is 5.75. The molecule has 0 atom stereocenters. The summed E-state index contributed by atoms with van der Waals surface area (Å²) in [6, 6.07) is 0. The number of carbonyl (C=O) groups is 1. The highest BCUT2D eigenvalue weighted by Gasteiger charge is 2.19. The Hall–Kier alpha value is -1.63. The lowest BCUT2D eigenvalue weighted by Crippen LogP contribution is -2.38. The smallest absolute Gasteiger partial charge is 0.346 e. The molecule has 112 valence electrons. The van der Waals surface area contributed by atoms with Crippen LogP contribution in [-0.2, 0) is 24.3 Å². The third kappa shape index (κ3) is 3.09. The summed E-state index contributed by atoms with van der Waals surface area (Å²) < 4.78 is 2.94. The van der Waals surface area contributed by atoms with E-state index in [1.165, 1.54) is 9.58 Å². The van der Waals surface area contributed by atoms with Crippen LogP contribution < -0.4 is 5.69 Å². The van der Waals surface area contributed by atoms with E-state index < -0.39 is 0 Å². The molecule has 0 saturated heterocycles. The largest absolute Gasteiger partial charge is 0.395 e. The van der Waals surface area contributed by atoms with Crippen molar-refractivity contribution in [2.75, 3.05) is 19.7 Å². The molecule has 7 heteroatoms. The fraction of sp³-hybridized carbons (Fsp3) is 0.769. The summed E-state index contributed by atoms with van der Waals surface area (Å²) >= 11 is 0. The third-order valence-corrected chi connectivity index (χ3v) is 3.67. The lowest BCUT2D eigenvalue weighted by molar-refractivity contribution is -0.132. The molecule has 7 nitrogen and oxygen atoms in total. The second kappa shape index (κ2) is 6.69. The maximum Gasteiger partial charge on any atom is 0.346 e. The fourth-order valence-electron chi connectivity index (χ4n) is 2.54. The van der Waals surface area contributed by atoms with Gasteiger partial charge in [-0.15, -0.1) is 0 Å². The number of aryl methyl sites for hydroxylation is 1. The number of carbonyl (C=O) groups excluding carboxylic acids is 1. The number of aliphatic hydroxyl groups excluding tert-OH is 1. The normalized spacial score (nSPS) is 14.7. The Morgan fingerprint density at radius 2 is 2.20 bits per heavy atom. The van der Waals surface area contributed by atoms with Crippen LogP contribution in [0.15, 0.2) is 4.79 Å². The molecule has 0 spiro atoms. The van der Waals surface area contributed by atoms with Gasteiger partial charge in [-0.05, 0) is 19.8 Å². The molecule has 2 heterocycles. The Bertz CT molecular complexity index is 520. The van der Waals surface area contributed by atoms with Gasteiger partial charge in [0, 0.05) is 26.1 Å². The molecular weight excluding hydrogens is 260 g/mol. The first-order valence-corrected chi connectivity index (χ1v) is 7.22. The summed E-state index contributed by atoms with van der Waals surface area (Å²) in [5.74, 6) is 0.599. The average Bonchev–Trinajstić information content (AvgIpc) is 2.63. The number of aromatic nitrogens is 3. The maximum absolute atomic E-state index is 12.2. The van der Waals surface area contributed by atoms with E-state index in [1.807, 2.05) is 6.92 Å². The van der Waals surface area contributed by atoms with Crippen LogP contribution in [0.4, 0.5) is 0 Å². The third-order valence-electron chi connectivity index (χ3n) is 3.67. The molecule has 0 unspecified atom stereocenters. The van der Waals surface area contributed by atoms with E-state index in [4.69, 9.17) is 5.11 Å². The summed E-state index contributed by atoms with van der Waals surface area (Å²) in [5, 5.41) is 13.2. The number of amides is 1. The highest BCUT2D eigenvalue weighted by Crippen LogP contribution is 2.10. The zero-order valence-corrected chi connectivity index (χ0v) is 11.9. The molecule has 0 saturated carbocycles. The Morgan fingerprint density at radius 1 is 1.40 bits per heavy atom. The molecule has 1 amide bonds. The van der Waals surface area contributed by atoms with E-state index in [1.54, 1.807) is 4.57 Å². The molecule has 0 fully saturated rings. The van der Waals surface area contributed by atoms with E-state index in [9.17, 15) is 9.59 Å². The molecule has 0 radical (unpaired) electrons. The van der Waals surface area contributed by atoms with Gasteiger partial charge in [-0.2, -0.15) is 5.10 Å². The fourth-order valence-corrected chi connectivity index (χ4v) is 2.54. The number of fused-ring (bicyclic) bond motifs is 1. The van der Waals surface area contributed by atoms with Crippen molar-refractivity contribution < 1.29 is 9.90 Å². The van der Waals surface area contributed by atoms with Crippen LogP contribution in [0.2, 0.25) is 0 Å². The van der Waals surface area contributed by atoms with Crippen LogP contribution in [0.1, 0.15) is 32.0 Å². The predicted octanol–water partition coefficient (Wildman–Crippen LogP) is -0.388. The topological polar surface area (TPSA) is 80.4 Å². The molecule has 0 aromatic carbocycles. The summed E-state index contributed by atoms with van der Waals surface area (Å²) in [6.45, 7) is 3.22. The summed E-state index contributed by atoms with van der Waals surface area (Å²) in [5.41, 5.74) is -0.199. The van der Waals surface area contributed by atoms with Crippen molar-refractivity contribution in [3.05, 3.63) is 16.3 Å². The zero-order chi connectivity index (χ0) is 14.5. The van der Waals surface area contributed by atoms with Gasteiger partial charge < -0.3 is 10.0 Å². The molecular formula is C13H22N4O3. The number of nitrogens with zero attached hydrogens (tertiary/aromatic N) is 4. The van der Waals surface area contributed by atoms with Crippen LogP contribution in [0.3, 0.4) is 0 Å². The lowest BCUT2D eigenvalue weighted by atomic mass is 10.2. The summed E-state index contributed by atoms with van der Waals surface area (Å²) in [4.78, 5) is 25.8. The van der Waals surface area contributed by atoms with Crippen LogP contribution >= 0.6 is 0 Å². The monoisotopic (exact) mass is 282 g/mol. The van der Waals surface area contributed by atoms with Gasteiger partial charge in [-0.25, -0.2) is 9.48 Å². The van der Waals surface area contributed by atoms with Crippen molar-refractivity contribution >= 4 is 5.91 Å². The first-order chi connectivity index (χ1) is 9.67. The van der Waals surface area contributed by atoms with Gasteiger partial charge in [0.05, 0.1) is 6.61 Å². The molecule has 20 heavy (non-hydrogen) atoms. The first-order valence-electron chi connectivity index (χ1n) is 7.22. The van der Waals surface area contributed by atoms with Gasteiger partial charge >= 0.3 is 5.69 Å². The molecule has 1 aliphatic rings. The molecule has 1 aromatic rings. The van der Waals surface area contributed by atoms with Gasteiger partial charge in [0.1, 0.15) is 12.4 Å². The van der Waals surface area contributed by atoms with Crippen LogP contribution in [0, 0.1) is 0 Å². The van der Waals surface area contributed by atoms with Crippen molar-refractivity contribution in [3.8, 4) is 0 Å². The van der Waals surface area contributed by atoms with Gasteiger partial charge in [0.2, 0.25) is 5.91 Å². The van der Waals surface area contributed by atoms with Crippen molar-refractivity contribution in [3.63, 3.8) is 0 Å². The lowest BCUT2D eigenvalue weighted by Gasteiger charge is -2.19. The van der Waals surface area contributed by atoms with Gasteiger partial charge in [0.15, 0.2) is 0 Å².